The van der Waals surface area contributed by atoms with Gasteiger partial charge in [0.25, 0.3) is 0 Å². The normalized spacial score (nSPS) is 10.7. The van der Waals surface area contributed by atoms with Crippen molar-refractivity contribution >= 4 is 41.1 Å². The first-order valence-electron chi connectivity index (χ1n) is 7.64. The minimum absolute atomic E-state index is 0.0837. The van der Waals surface area contributed by atoms with Crippen LogP contribution in [0.3, 0.4) is 0 Å². The van der Waals surface area contributed by atoms with Gasteiger partial charge >= 0.3 is 0 Å². The second-order valence-corrected chi connectivity index (χ2v) is 6.29. The Kier molecular flexibility index (Phi) is 7.04. The van der Waals surface area contributed by atoms with Gasteiger partial charge in [-0.1, -0.05) is 59.6 Å². The predicted molar refractivity (Wildman–Crippen MR) is 101 cm³/mol. The van der Waals surface area contributed by atoms with Gasteiger partial charge in [-0.2, -0.15) is 0 Å². The number of carbonyl (C=O) groups excluding carboxylic acids is 2. The van der Waals surface area contributed by atoms with Crippen LogP contribution in [0, 0.1) is 0 Å². The van der Waals surface area contributed by atoms with Gasteiger partial charge < -0.3 is 10.2 Å². The molecule has 2 aromatic rings. The second kappa shape index (κ2) is 9.25. The lowest BCUT2D eigenvalue weighted by atomic mass is 10.2. The minimum Gasteiger partial charge on any atom is -0.343 e. The van der Waals surface area contributed by atoms with Crippen molar-refractivity contribution in [1.82, 2.24) is 10.2 Å². The van der Waals surface area contributed by atoms with E-state index in [0.29, 0.717) is 16.6 Å². The van der Waals surface area contributed by atoms with Gasteiger partial charge in [-0.05, 0) is 29.3 Å². The molecule has 4 nitrogen and oxygen atoms in total. The van der Waals surface area contributed by atoms with Gasteiger partial charge in [-0.25, -0.2) is 0 Å². The van der Waals surface area contributed by atoms with E-state index >= 15 is 0 Å². The molecular formula is C19H18Cl2N2O2. The monoisotopic (exact) mass is 376 g/mol. The van der Waals surface area contributed by atoms with Crippen molar-refractivity contribution in [2.45, 2.75) is 6.54 Å². The number of nitrogens with one attached hydrogen (secondary N) is 1. The van der Waals surface area contributed by atoms with Crippen LogP contribution in [0.2, 0.25) is 10.0 Å². The van der Waals surface area contributed by atoms with Crippen LogP contribution in [0.4, 0.5) is 0 Å². The molecule has 6 heteroatoms. The maximum Gasteiger partial charge on any atom is 0.244 e. The Labute approximate surface area is 157 Å². The number of benzene rings is 2. The van der Waals surface area contributed by atoms with Crippen LogP contribution in [0.15, 0.2) is 54.6 Å². The summed E-state index contributed by atoms with van der Waals surface area (Å²) < 4.78 is 0. The Hall–Kier alpha value is -2.30. The largest absolute Gasteiger partial charge is 0.343 e. The summed E-state index contributed by atoms with van der Waals surface area (Å²) in [6.45, 7) is 0.254. The highest BCUT2D eigenvalue weighted by Crippen LogP contribution is 2.21. The van der Waals surface area contributed by atoms with Crippen molar-refractivity contribution in [3.63, 3.8) is 0 Å². The number of rotatable bonds is 6. The molecule has 25 heavy (non-hydrogen) atoms. The molecule has 130 valence electrons. The summed E-state index contributed by atoms with van der Waals surface area (Å²) in [6.07, 6.45) is 3.09. The zero-order valence-electron chi connectivity index (χ0n) is 13.7. The molecule has 1 N–H and O–H groups in total. The van der Waals surface area contributed by atoms with Crippen LogP contribution in [0.5, 0.6) is 0 Å². The molecule has 0 fully saturated rings. The molecule has 0 heterocycles. The molecule has 2 aromatic carbocycles. The summed E-state index contributed by atoms with van der Waals surface area (Å²) in [6, 6.07) is 14.6. The molecule has 0 aliphatic heterocycles. The Bertz CT molecular complexity index is 776. The van der Waals surface area contributed by atoms with E-state index in [4.69, 9.17) is 23.2 Å². The summed E-state index contributed by atoms with van der Waals surface area (Å²) in [5.41, 5.74) is 1.70. The van der Waals surface area contributed by atoms with Crippen LogP contribution in [0.25, 0.3) is 6.08 Å². The van der Waals surface area contributed by atoms with Gasteiger partial charge in [0, 0.05) is 29.7 Å². The summed E-state index contributed by atoms with van der Waals surface area (Å²) in [4.78, 5) is 25.4. The molecule has 0 atom stereocenters. The molecule has 2 amide bonds. The van der Waals surface area contributed by atoms with Crippen LogP contribution in [0.1, 0.15) is 11.1 Å². The molecule has 0 saturated carbocycles. The van der Waals surface area contributed by atoms with E-state index in [1.165, 1.54) is 11.0 Å². The number of hydrogen-bond donors (Lipinski definition) is 1. The molecule has 0 aliphatic carbocycles. The zero-order valence-corrected chi connectivity index (χ0v) is 15.2. The molecule has 0 unspecified atom stereocenters. The number of likely N-dealkylation sites (N-methyl/N-ethyl adjacent to an activating group) is 1. The first kappa shape index (κ1) is 19.0. The average molecular weight is 377 g/mol. The molecule has 0 bridgehead atoms. The van der Waals surface area contributed by atoms with Crippen molar-refractivity contribution in [1.29, 1.82) is 0 Å². The van der Waals surface area contributed by atoms with Gasteiger partial charge in [0.15, 0.2) is 0 Å². The molecule has 2 rings (SSSR count). The van der Waals surface area contributed by atoms with E-state index in [0.717, 1.165) is 11.1 Å². The maximum atomic E-state index is 12.1. The van der Waals surface area contributed by atoms with Gasteiger partial charge in [0.05, 0.1) is 6.54 Å². The van der Waals surface area contributed by atoms with Crippen LogP contribution < -0.4 is 5.32 Å². The first-order chi connectivity index (χ1) is 12.0. The van der Waals surface area contributed by atoms with Gasteiger partial charge in [0.2, 0.25) is 11.8 Å². The molecule has 0 spiro atoms. The van der Waals surface area contributed by atoms with Gasteiger partial charge in [0.1, 0.15) is 0 Å². The highest BCUT2D eigenvalue weighted by molar-refractivity contribution is 6.35. The molecule has 0 aliphatic rings. The van der Waals surface area contributed by atoms with Crippen LogP contribution in [-0.2, 0) is 16.1 Å². The first-order valence-corrected chi connectivity index (χ1v) is 8.40. The number of halogens is 2. The molecule has 0 aromatic heterocycles. The van der Waals surface area contributed by atoms with E-state index in [1.807, 2.05) is 30.3 Å². The molecule has 0 radical (unpaired) electrons. The summed E-state index contributed by atoms with van der Waals surface area (Å²) >= 11 is 12.0. The zero-order chi connectivity index (χ0) is 18.2. The SMILES string of the molecule is CN(Cc1ccc(Cl)cc1Cl)C(=O)CNC(=O)/C=C/c1ccccc1. The average Bonchev–Trinajstić information content (AvgIpc) is 2.61. The maximum absolute atomic E-state index is 12.1. The van der Waals surface area contributed by atoms with E-state index in [9.17, 15) is 9.59 Å². The van der Waals surface area contributed by atoms with Gasteiger partial charge in [-0.3, -0.25) is 9.59 Å². The number of hydrogen-bond acceptors (Lipinski definition) is 2. The lowest BCUT2D eigenvalue weighted by molar-refractivity contribution is -0.131. The minimum atomic E-state index is -0.324. The van der Waals surface area contributed by atoms with E-state index < -0.39 is 0 Å². The lowest BCUT2D eigenvalue weighted by Crippen LogP contribution is -2.37. The molecule has 0 saturated heterocycles. The van der Waals surface area contributed by atoms with Crippen LogP contribution in [-0.4, -0.2) is 30.3 Å². The second-order valence-electron chi connectivity index (χ2n) is 5.45. The third kappa shape index (κ3) is 6.25. The van der Waals surface area contributed by atoms with Crippen molar-refractivity contribution in [3.8, 4) is 0 Å². The van der Waals surface area contributed by atoms with E-state index in [-0.39, 0.29) is 18.4 Å². The van der Waals surface area contributed by atoms with E-state index in [1.54, 1.807) is 31.3 Å². The summed E-state index contributed by atoms with van der Waals surface area (Å²) in [5, 5.41) is 3.62. The third-order valence-corrected chi connectivity index (χ3v) is 4.08. The van der Waals surface area contributed by atoms with Crippen molar-refractivity contribution in [2.75, 3.05) is 13.6 Å². The predicted octanol–water partition coefficient (Wildman–Crippen LogP) is 3.78. The molecular weight excluding hydrogens is 359 g/mol. The smallest absolute Gasteiger partial charge is 0.244 e. The fourth-order valence-electron chi connectivity index (χ4n) is 2.09. The standard InChI is InChI=1S/C19H18Cl2N2O2/c1-23(13-15-8-9-16(20)11-17(15)21)19(25)12-22-18(24)10-7-14-5-3-2-4-6-14/h2-11H,12-13H2,1H3,(H,22,24)/b10-7+. The Morgan fingerprint density at radius 2 is 1.84 bits per heavy atom. The number of nitrogens with zero attached hydrogens (tertiary/aromatic N) is 1. The quantitative estimate of drug-likeness (QED) is 0.779. The summed E-state index contributed by atoms with van der Waals surface area (Å²) in [5.74, 6) is -0.539. The highest BCUT2D eigenvalue weighted by atomic mass is 35.5. The van der Waals surface area contributed by atoms with Crippen molar-refractivity contribution in [3.05, 3.63) is 75.8 Å². The highest BCUT2D eigenvalue weighted by Gasteiger charge is 2.12. The Morgan fingerprint density at radius 1 is 1.12 bits per heavy atom. The van der Waals surface area contributed by atoms with E-state index in [2.05, 4.69) is 5.32 Å². The van der Waals surface area contributed by atoms with Crippen LogP contribution >= 0.6 is 23.2 Å². The number of carbonyl (C=O) groups is 2. The Morgan fingerprint density at radius 3 is 2.52 bits per heavy atom. The van der Waals surface area contributed by atoms with Crippen molar-refractivity contribution < 1.29 is 9.59 Å². The third-order valence-electron chi connectivity index (χ3n) is 3.49. The fraction of sp³-hybridized carbons (Fsp3) is 0.158. The topological polar surface area (TPSA) is 49.4 Å². The van der Waals surface area contributed by atoms with Crippen molar-refractivity contribution in [2.24, 2.45) is 0 Å². The Balaban J connectivity index is 1.82. The fourth-order valence-corrected chi connectivity index (χ4v) is 2.55. The lowest BCUT2D eigenvalue weighted by Gasteiger charge is -2.18. The van der Waals surface area contributed by atoms with Gasteiger partial charge in [-0.15, -0.1) is 0 Å². The number of amides is 2. The summed E-state index contributed by atoms with van der Waals surface area (Å²) in [7, 11) is 1.65.